The molecule has 4 aromatic heterocycles. The summed E-state index contributed by atoms with van der Waals surface area (Å²) < 4.78 is 13.4. The fraction of sp³-hybridized carbons (Fsp3) is 0.179. The van der Waals surface area contributed by atoms with Gasteiger partial charge >= 0.3 is 0 Å². The summed E-state index contributed by atoms with van der Waals surface area (Å²) >= 11 is 4.52. The maximum Gasteiger partial charge on any atom is 0.141 e. The standard InChI is InChI=1S/C17H16N4OS4.C7H4.C4H5N/c1-2-3-8-26(22)17-13(18)12-10(14-19-4-6-23-14)9-11(21-16(12)25-17)15-20-5-7-24-15;1-3-5-7-6-4-2;1-3-4-5-2/h4-7,9H,2-3,8,18H2,1H3;1-2H2;1H2,2H3. The summed E-state index contributed by atoms with van der Waals surface area (Å²) in [6, 6.07) is 1.99. The number of nitrogens with two attached hydrogens (primary N) is 1. The average Bonchev–Trinajstić information content (AvgIpc) is 3.71. The third-order valence-electron chi connectivity index (χ3n) is 4.36. The molecular formula is C28H25N5OS4. The maximum atomic E-state index is 12.7. The van der Waals surface area contributed by atoms with Gasteiger partial charge in [0.15, 0.2) is 0 Å². The Kier molecular flexibility index (Phi) is 13.5. The quantitative estimate of drug-likeness (QED) is 0.193. The Morgan fingerprint density at radius 2 is 1.68 bits per heavy atom. The van der Waals surface area contributed by atoms with Crippen LogP contribution in [0.2, 0.25) is 0 Å². The average molecular weight is 576 g/mol. The van der Waals surface area contributed by atoms with E-state index in [1.54, 1.807) is 42.1 Å². The van der Waals surface area contributed by atoms with Gasteiger partial charge in [0.2, 0.25) is 0 Å². The zero-order valence-electron chi connectivity index (χ0n) is 21.0. The number of unbranched alkanes of at least 4 members (excludes halogenated alkanes) is 1. The number of rotatable bonds is 6. The lowest BCUT2D eigenvalue weighted by Gasteiger charge is -2.04. The number of hydrogen-bond donors (Lipinski definition) is 1. The summed E-state index contributed by atoms with van der Waals surface area (Å²) in [7, 11) is 0.521. The van der Waals surface area contributed by atoms with E-state index in [-0.39, 0.29) is 0 Å². The van der Waals surface area contributed by atoms with Crippen LogP contribution in [0, 0.1) is 0 Å². The van der Waals surface area contributed by atoms with Gasteiger partial charge in [-0.25, -0.2) is 19.9 Å². The molecule has 0 saturated heterocycles. The molecule has 1 atom stereocenters. The molecule has 0 bridgehead atoms. The Labute approximate surface area is 236 Å². The summed E-state index contributed by atoms with van der Waals surface area (Å²) in [5.74, 6) is 3.00. The number of pyridine rings is 1. The molecule has 0 amide bonds. The molecular weight excluding hydrogens is 551 g/mol. The lowest BCUT2D eigenvalue weighted by Crippen LogP contribution is -1.99. The van der Waals surface area contributed by atoms with E-state index in [4.69, 9.17) is 10.7 Å². The molecule has 0 spiro atoms. The van der Waals surface area contributed by atoms with Gasteiger partial charge in [-0.2, -0.15) is 0 Å². The lowest BCUT2D eigenvalue weighted by atomic mass is 10.1. The summed E-state index contributed by atoms with van der Waals surface area (Å²) in [6.07, 6.45) is 5.46. The molecule has 0 fully saturated rings. The second-order valence-corrected chi connectivity index (χ2v) is 11.4. The van der Waals surface area contributed by atoms with E-state index in [1.807, 2.05) is 16.8 Å². The summed E-state index contributed by atoms with van der Waals surface area (Å²) in [6.45, 7) is 11.8. The largest absolute Gasteiger partial charge is 0.396 e. The Hall–Kier alpha value is -3.81. The molecule has 0 aliphatic heterocycles. The highest BCUT2D eigenvalue weighted by Crippen LogP contribution is 2.43. The molecule has 2 N–H and O–H groups in total. The van der Waals surface area contributed by atoms with Crippen LogP contribution < -0.4 is 5.73 Å². The number of aromatic nitrogens is 3. The van der Waals surface area contributed by atoms with Gasteiger partial charge in [-0.05, 0) is 49.4 Å². The fourth-order valence-electron chi connectivity index (χ4n) is 2.82. The van der Waals surface area contributed by atoms with Gasteiger partial charge < -0.3 is 5.73 Å². The highest BCUT2D eigenvalue weighted by molar-refractivity contribution is 7.87. The second kappa shape index (κ2) is 16.8. The summed E-state index contributed by atoms with van der Waals surface area (Å²) in [4.78, 5) is 17.8. The second-order valence-electron chi connectivity index (χ2n) is 6.86. The Balaban J connectivity index is 0.000000355. The van der Waals surface area contributed by atoms with E-state index in [0.717, 1.165) is 48.5 Å². The minimum absolute atomic E-state index is 0.572. The number of thiazole rings is 2. The molecule has 0 aliphatic carbocycles. The van der Waals surface area contributed by atoms with Crippen LogP contribution in [-0.4, -0.2) is 37.8 Å². The van der Waals surface area contributed by atoms with E-state index in [9.17, 15) is 4.21 Å². The third kappa shape index (κ3) is 8.64. The van der Waals surface area contributed by atoms with Gasteiger partial charge in [-0.15, -0.1) is 34.0 Å². The lowest BCUT2D eigenvalue weighted by molar-refractivity contribution is 0.681. The van der Waals surface area contributed by atoms with Crippen molar-refractivity contribution in [1.82, 2.24) is 15.0 Å². The normalized spacial score (nSPS) is 9.84. The van der Waals surface area contributed by atoms with E-state index in [2.05, 4.69) is 81.9 Å². The van der Waals surface area contributed by atoms with Crippen LogP contribution in [0.5, 0.6) is 0 Å². The Bertz CT molecular complexity index is 1620. The monoisotopic (exact) mass is 575 g/mol. The van der Waals surface area contributed by atoms with Crippen LogP contribution in [0.1, 0.15) is 19.8 Å². The van der Waals surface area contributed by atoms with Crippen molar-refractivity contribution in [2.75, 3.05) is 18.5 Å². The van der Waals surface area contributed by atoms with Crippen molar-refractivity contribution in [1.29, 1.82) is 0 Å². The van der Waals surface area contributed by atoms with Crippen molar-refractivity contribution in [2.24, 2.45) is 4.99 Å². The van der Waals surface area contributed by atoms with Crippen molar-refractivity contribution in [3.63, 3.8) is 0 Å². The molecule has 6 nitrogen and oxygen atoms in total. The smallest absolute Gasteiger partial charge is 0.141 e. The molecule has 0 saturated carbocycles. The molecule has 1 unspecified atom stereocenters. The molecule has 0 aromatic carbocycles. The highest BCUT2D eigenvalue weighted by Gasteiger charge is 2.22. The van der Waals surface area contributed by atoms with Crippen LogP contribution in [0.25, 0.3) is 31.5 Å². The highest BCUT2D eigenvalue weighted by atomic mass is 32.2. The number of thiophene rings is 1. The Morgan fingerprint density at radius 1 is 1.03 bits per heavy atom. The zero-order valence-corrected chi connectivity index (χ0v) is 24.3. The molecule has 4 rings (SSSR count). The van der Waals surface area contributed by atoms with Crippen LogP contribution >= 0.6 is 34.0 Å². The number of aliphatic imine (C=N–C) groups is 1. The SMILES string of the molecule is C=C=C=C=C=C=C.C=C=C=NC.CCCCS(=O)c1sc2nc(-c3nccs3)cc(-c3nccs3)c2c1N. The van der Waals surface area contributed by atoms with Gasteiger partial charge in [0.25, 0.3) is 0 Å². The van der Waals surface area contributed by atoms with Crippen LogP contribution in [-0.2, 0) is 10.8 Å². The van der Waals surface area contributed by atoms with Gasteiger partial charge in [-0.3, -0.25) is 4.21 Å². The first-order chi connectivity index (χ1) is 18.5. The van der Waals surface area contributed by atoms with Crippen molar-refractivity contribution in [3.05, 3.63) is 83.3 Å². The fourth-order valence-corrected chi connectivity index (χ4v) is 6.87. The van der Waals surface area contributed by atoms with E-state index >= 15 is 0 Å². The minimum Gasteiger partial charge on any atom is -0.396 e. The maximum absolute atomic E-state index is 12.7. The van der Waals surface area contributed by atoms with E-state index in [1.165, 1.54) is 11.3 Å². The van der Waals surface area contributed by atoms with Gasteiger partial charge in [0.05, 0.1) is 16.5 Å². The van der Waals surface area contributed by atoms with E-state index in [0.29, 0.717) is 11.4 Å². The number of fused-ring (bicyclic) bond motifs is 1. The number of nitrogens with zero attached hydrogens (tertiary/aromatic N) is 4. The zero-order chi connectivity index (χ0) is 27.8. The first-order valence-corrected chi connectivity index (χ1v) is 15.0. The predicted octanol–water partition coefficient (Wildman–Crippen LogP) is 7.24. The van der Waals surface area contributed by atoms with Crippen LogP contribution in [0.15, 0.2) is 92.5 Å². The summed E-state index contributed by atoms with van der Waals surface area (Å²) in [5.41, 5.74) is 23.1. The van der Waals surface area contributed by atoms with Crippen LogP contribution in [0.4, 0.5) is 5.69 Å². The minimum atomic E-state index is -1.10. The Morgan fingerprint density at radius 3 is 2.18 bits per heavy atom. The summed E-state index contributed by atoms with van der Waals surface area (Å²) in [5, 5.41) is 6.45. The number of anilines is 1. The van der Waals surface area contributed by atoms with Gasteiger partial charge in [0, 0.05) is 52.8 Å². The van der Waals surface area contributed by atoms with Gasteiger partial charge in [-0.1, -0.05) is 30.5 Å². The molecule has 38 heavy (non-hydrogen) atoms. The number of hydrogen-bond acceptors (Lipinski definition) is 9. The third-order valence-corrected chi connectivity index (χ3v) is 8.96. The van der Waals surface area contributed by atoms with Crippen molar-refractivity contribution in [3.8, 4) is 21.3 Å². The molecule has 0 aliphatic rings. The number of nitrogen functional groups attached to an aromatic ring is 1. The molecule has 4 heterocycles. The van der Waals surface area contributed by atoms with Crippen molar-refractivity contribution >= 4 is 66.6 Å². The van der Waals surface area contributed by atoms with Crippen molar-refractivity contribution in [2.45, 2.75) is 24.0 Å². The van der Waals surface area contributed by atoms with Crippen molar-refractivity contribution < 1.29 is 4.21 Å². The first-order valence-electron chi connectivity index (χ1n) is 11.1. The van der Waals surface area contributed by atoms with Gasteiger partial charge in [0.1, 0.15) is 24.7 Å². The van der Waals surface area contributed by atoms with Crippen LogP contribution in [0.3, 0.4) is 0 Å². The molecule has 10 heteroatoms. The van der Waals surface area contributed by atoms with E-state index < -0.39 is 10.8 Å². The molecule has 0 radical (unpaired) electrons. The topological polar surface area (TPSA) is 94.1 Å². The first kappa shape index (κ1) is 30.4. The predicted molar refractivity (Wildman–Crippen MR) is 164 cm³/mol. The molecule has 4 aromatic rings. The molecule has 192 valence electrons.